The van der Waals surface area contributed by atoms with Crippen LogP contribution in [-0.2, 0) is 6.42 Å². The molecule has 0 bridgehead atoms. The normalized spacial score (nSPS) is 10.9. The summed E-state index contributed by atoms with van der Waals surface area (Å²) in [6, 6.07) is 18.2. The van der Waals surface area contributed by atoms with Crippen LogP contribution in [0, 0.1) is 0 Å². The molecule has 0 radical (unpaired) electrons. The smallest absolute Gasteiger partial charge is 0.254 e. The third-order valence-corrected chi connectivity index (χ3v) is 4.96. The van der Waals surface area contributed by atoms with E-state index in [0.717, 1.165) is 31.5 Å². The van der Waals surface area contributed by atoms with E-state index in [1.807, 2.05) is 51.9 Å². The lowest BCUT2D eigenvalue weighted by molar-refractivity contribution is 0.0670. The summed E-state index contributed by atoms with van der Waals surface area (Å²) in [6.45, 7) is 5.01. The molecule has 1 aromatic heterocycles. The summed E-state index contributed by atoms with van der Waals surface area (Å²) in [5.41, 5.74) is 2.91. The maximum atomic E-state index is 13.2. The van der Waals surface area contributed by atoms with Crippen molar-refractivity contribution < 1.29 is 4.79 Å². The summed E-state index contributed by atoms with van der Waals surface area (Å²) in [7, 11) is 0. The molecule has 5 heteroatoms. The van der Waals surface area contributed by atoms with Gasteiger partial charge in [-0.25, -0.2) is 0 Å². The summed E-state index contributed by atoms with van der Waals surface area (Å²) >= 11 is 0. The molecule has 0 N–H and O–H groups in total. The molecule has 0 aliphatic carbocycles. The van der Waals surface area contributed by atoms with Crippen LogP contribution in [-0.4, -0.2) is 38.2 Å². The fourth-order valence-electron chi connectivity index (χ4n) is 3.35. The van der Waals surface area contributed by atoms with E-state index in [4.69, 9.17) is 0 Å². The van der Waals surface area contributed by atoms with Crippen LogP contribution in [0.3, 0.4) is 0 Å². The van der Waals surface area contributed by atoms with Gasteiger partial charge in [-0.05, 0) is 49.1 Å². The third-order valence-electron chi connectivity index (χ3n) is 4.96. The molecular weight excluding hydrogens is 336 g/mol. The third kappa shape index (κ3) is 4.61. The number of carbonyl (C=O) groups excluding carboxylic acids is 1. The summed E-state index contributed by atoms with van der Waals surface area (Å²) in [6.07, 6.45) is 6.06. The maximum absolute atomic E-state index is 13.2. The van der Waals surface area contributed by atoms with Crippen molar-refractivity contribution in [3.05, 3.63) is 78.4 Å². The van der Waals surface area contributed by atoms with Crippen molar-refractivity contribution in [2.45, 2.75) is 39.2 Å². The van der Waals surface area contributed by atoms with Crippen molar-refractivity contribution in [1.29, 1.82) is 0 Å². The summed E-state index contributed by atoms with van der Waals surface area (Å²) in [5.74, 6) is 0.0925. The first kappa shape index (κ1) is 18.8. The van der Waals surface area contributed by atoms with E-state index in [1.54, 1.807) is 12.7 Å². The van der Waals surface area contributed by atoms with Gasteiger partial charge in [0.05, 0.1) is 0 Å². The average Bonchev–Trinajstić information content (AvgIpc) is 3.26. The van der Waals surface area contributed by atoms with Gasteiger partial charge in [0.25, 0.3) is 5.91 Å². The van der Waals surface area contributed by atoms with E-state index in [9.17, 15) is 4.79 Å². The molecule has 140 valence electrons. The van der Waals surface area contributed by atoms with E-state index in [1.165, 1.54) is 5.56 Å². The predicted octanol–water partition coefficient (Wildman–Crippen LogP) is 4.14. The Kier molecular flexibility index (Phi) is 6.36. The number of amides is 1. The highest BCUT2D eigenvalue weighted by molar-refractivity contribution is 5.94. The summed E-state index contributed by atoms with van der Waals surface area (Å²) < 4.78 is 1.82. The van der Waals surface area contributed by atoms with Gasteiger partial charge in [0.2, 0.25) is 0 Å². The first-order valence-corrected chi connectivity index (χ1v) is 9.52. The number of carbonyl (C=O) groups is 1. The molecule has 3 rings (SSSR count). The van der Waals surface area contributed by atoms with E-state index in [-0.39, 0.29) is 11.9 Å². The molecule has 0 fully saturated rings. The van der Waals surface area contributed by atoms with Gasteiger partial charge < -0.3 is 4.90 Å². The van der Waals surface area contributed by atoms with Gasteiger partial charge in [0, 0.05) is 23.8 Å². The van der Waals surface area contributed by atoms with Crippen LogP contribution in [0.4, 0.5) is 0 Å². The second kappa shape index (κ2) is 9.12. The Morgan fingerprint density at radius 2 is 1.59 bits per heavy atom. The van der Waals surface area contributed by atoms with Gasteiger partial charge in [0.1, 0.15) is 12.7 Å². The molecule has 1 amide bonds. The zero-order valence-corrected chi connectivity index (χ0v) is 16.0. The van der Waals surface area contributed by atoms with Gasteiger partial charge >= 0.3 is 0 Å². The Bertz CT molecular complexity index is 825. The molecule has 5 nitrogen and oxygen atoms in total. The van der Waals surface area contributed by atoms with Crippen molar-refractivity contribution in [3.8, 4) is 5.69 Å². The minimum absolute atomic E-state index is 0.0925. The average molecular weight is 362 g/mol. The molecule has 2 aromatic carbocycles. The topological polar surface area (TPSA) is 51.0 Å². The molecule has 0 saturated heterocycles. The molecule has 0 saturated carbocycles. The highest BCUT2D eigenvalue weighted by Gasteiger charge is 2.22. The molecule has 27 heavy (non-hydrogen) atoms. The van der Waals surface area contributed by atoms with Gasteiger partial charge in [-0.15, -0.1) is 10.2 Å². The number of rotatable bonds is 8. The Morgan fingerprint density at radius 1 is 0.963 bits per heavy atom. The van der Waals surface area contributed by atoms with Crippen LogP contribution in [0.15, 0.2) is 67.3 Å². The Labute approximate surface area is 160 Å². The molecular formula is C22H26N4O. The molecule has 0 aliphatic heterocycles. The lowest BCUT2D eigenvalue weighted by Crippen LogP contribution is -2.41. The largest absolute Gasteiger partial charge is 0.335 e. The van der Waals surface area contributed by atoms with Crippen molar-refractivity contribution in [2.75, 3.05) is 6.54 Å². The predicted molar refractivity (Wildman–Crippen MR) is 107 cm³/mol. The quantitative estimate of drug-likeness (QED) is 0.605. The van der Waals surface area contributed by atoms with Crippen LogP contribution < -0.4 is 0 Å². The number of nitrogens with zero attached hydrogens (tertiary/aromatic N) is 4. The van der Waals surface area contributed by atoms with Crippen LogP contribution in [0.5, 0.6) is 0 Å². The van der Waals surface area contributed by atoms with Crippen LogP contribution in [0.1, 0.15) is 42.6 Å². The zero-order valence-electron chi connectivity index (χ0n) is 16.0. The monoisotopic (exact) mass is 362 g/mol. The highest BCUT2D eigenvalue weighted by Crippen LogP contribution is 2.17. The number of aromatic nitrogens is 3. The zero-order chi connectivity index (χ0) is 19.1. The van der Waals surface area contributed by atoms with Crippen LogP contribution in [0.25, 0.3) is 5.69 Å². The number of hydrogen-bond acceptors (Lipinski definition) is 3. The summed E-state index contributed by atoms with van der Waals surface area (Å²) in [5, 5.41) is 7.64. The fraction of sp³-hybridized carbons (Fsp3) is 0.318. The second-order valence-corrected chi connectivity index (χ2v) is 6.62. The van der Waals surface area contributed by atoms with Crippen LogP contribution >= 0.6 is 0 Å². The van der Waals surface area contributed by atoms with Crippen molar-refractivity contribution >= 4 is 5.91 Å². The molecule has 1 heterocycles. The van der Waals surface area contributed by atoms with E-state index < -0.39 is 0 Å². The Morgan fingerprint density at radius 3 is 2.19 bits per heavy atom. The van der Waals surface area contributed by atoms with Crippen molar-refractivity contribution in [1.82, 2.24) is 19.7 Å². The minimum atomic E-state index is 0.0925. The van der Waals surface area contributed by atoms with Gasteiger partial charge in [0.15, 0.2) is 0 Å². The van der Waals surface area contributed by atoms with E-state index in [0.29, 0.717) is 5.56 Å². The molecule has 0 atom stereocenters. The molecule has 0 spiro atoms. The SMILES string of the molecule is CCC(CC)N(CCc1ccccc1)C(=O)c1ccc(-n2cnnc2)cc1. The molecule has 3 aromatic rings. The first-order chi connectivity index (χ1) is 13.2. The van der Waals surface area contributed by atoms with Crippen LogP contribution in [0.2, 0.25) is 0 Å². The molecule has 0 aliphatic rings. The van der Waals surface area contributed by atoms with Crippen molar-refractivity contribution in [2.24, 2.45) is 0 Å². The second-order valence-electron chi connectivity index (χ2n) is 6.62. The molecule has 0 unspecified atom stereocenters. The van der Waals surface area contributed by atoms with Gasteiger partial charge in [-0.2, -0.15) is 0 Å². The number of benzene rings is 2. The van der Waals surface area contributed by atoms with E-state index in [2.05, 4.69) is 36.2 Å². The fourth-order valence-corrected chi connectivity index (χ4v) is 3.35. The first-order valence-electron chi connectivity index (χ1n) is 9.52. The standard InChI is InChI=1S/C22H26N4O/c1-3-20(4-2)26(15-14-18-8-6-5-7-9-18)22(27)19-10-12-21(13-11-19)25-16-23-24-17-25/h5-13,16-17,20H,3-4,14-15H2,1-2H3. The van der Waals surface area contributed by atoms with E-state index >= 15 is 0 Å². The van der Waals surface area contributed by atoms with Crippen molar-refractivity contribution in [3.63, 3.8) is 0 Å². The maximum Gasteiger partial charge on any atom is 0.254 e. The lowest BCUT2D eigenvalue weighted by atomic mass is 10.1. The van der Waals surface area contributed by atoms with Gasteiger partial charge in [-0.3, -0.25) is 9.36 Å². The Hall–Kier alpha value is -2.95. The van der Waals surface area contributed by atoms with Gasteiger partial charge in [-0.1, -0.05) is 44.2 Å². The number of hydrogen-bond donors (Lipinski definition) is 0. The Balaban J connectivity index is 1.77. The summed E-state index contributed by atoms with van der Waals surface area (Å²) in [4.78, 5) is 15.2. The lowest BCUT2D eigenvalue weighted by Gasteiger charge is -2.31. The highest BCUT2D eigenvalue weighted by atomic mass is 16.2. The minimum Gasteiger partial charge on any atom is -0.335 e.